The zero-order chi connectivity index (χ0) is 20.9. The van der Waals surface area contributed by atoms with Crippen LogP contribution in [0, 0.1) is 11.3 Å². The van der Waals surface area contributed by atoms with E-state index in [1.807, 2.05) is 51.1 Å². The lowest BCUT2D eigenvalue weighted by Crippen LogP contribution is -2.40. The van der Waals surface area contributed by atoms with Crippen LogP contribution in [0.15, 0.2) is 44.6 Å². The Morgan fingerprint density at radius 2 is 1.93 bits per heavy atom. The molecule has 1 aliphatic heterocycles. The highest BCUT2D eigenvalue weighted by atomic mass is 79.9. The van der Waals surface area contributed by atoms with Gasteiger partial charge >= 0.3 is 6.09 Å². The maximum atomic E-state index is 12.6. The summed E-state index contributed by atoms with van der Waals surface area (Å²) in [5.41, 5.74) is 0.507. The molecule has 1 heterocycles. The van der Waals surface area contributed by atoms with Crippen LogP contribution in [0.1, 0.15) is 41.0 Å². The van der Waals surface area contributed by atoms with Crippen molar-refractivity contribution < 1.29 is 9.53 Å². The molecule has 28 heavy (non-hydrogen) atoms. The van der Waals surface area contributed by atoms with Gasteiger partial charge in [-0.15, -0.1) is 11.8 Å². The molecule has 0 spiro atoms. The molecule has 2 unspecified atom stereocenters. The summed E-state index contributed by atoms with van der Waals surface area (Å²) < 4.78 is 6.58. The molecule has 2 rings (SSSR count). The van der Waals surface area contributed by atoms with Gasteiger partial charge < -0.3 is 9.64 Å². The summed E-state index contributed by atoms with van der Waals surface area (Å²) in [7, 11) is 0. The van der Waals surface area contributed by atoms with E-state index in [1.165, 1.54) is 11.8 Å². The smallest absolute Gasteiger partial charge is 0.410 e. The van der Waals surface area contributed by atoms with Gasteiger partial charge in [0.25, 0.3) is 0 Å². The van der Waals surface area contributed by atoms with E-state index < -0.39 is 5.60 Å². The van der Waals surface area contributed by atoms with E-state index in [2.05, 4.69) is 29.8 Å². The molecule has 154 valence electrons. The number of rotatable bonds is 2. The molecule has 0 fully saturated rings. The minimum Gasteiger partial charge on any atom is -0.444 e. The molecular formula is C21H29BrN2O2S2. The highest BCUT2D eigenvalue weighted by Crippen LogP contribution is 2.39. The summed E-state index contributed by atoms with van der Waals surface area (Å²) in [6.07, 6.45) is 0.523. The summed E-state index contributed by atoms with van der Waals surface area (Å²) >= 11 is 6.87. The van der Waals surface area contributed by atoms with Crippen LogP contribution in [0.25, 0.3) is 0 Å². The standard InChI is InChI=1S/C21H29BrN2O2S2/c1-14-11-12-24(20(25)26-21(3,4)5)13-15(2)27-18(22)17(14)19(23)28-16-9-7-6-8-10-16/h6-10,14-15,23H,11-13H2,1-5H3/b18-17+,23-19?. The van der Waals surface area contributed by atoms with Crippen molar-refractivity contribution in [1.82, 2.24) is 4.90 Å². The molecular weight excluding hydrogens is 456 g/mol. The average molecular weight is 486 g/mol. The zero-order valence-electron chi connectivity index (χ0n) is 17.1. The number of nitrogens with zero attached hydrogens (tertiary/aromatic N) is 1. The molecule has 1 amide bonds. The van der Waals surface area contributed by atoms with Gasteiger partial charge in [0, 0.05) is 28.8 Å². The molecule has 1 aromatic rings. The number of carbonyl (C=O) groups excluding carboxylic acids is 1. The van der Waals surface area contributed by atoms with E-state index in [-0.39, 0.29) is 17.3 Å². The fraction of sp³-hybridized carbons (Fsp3) is 0.524. The summed E-state index contributed by atoms with van der Waals surface area (Å²) in [5, 5.41) is 9.44. The van der Waals surface area contributed by atoms with E-state index >= 15 is 0 Å². The minimum absolute atomic E-state index is 0.154. The van der Waals surface area contributed by atoms with Gasteiger partial charge in [0.05, 0.1) is 8.86 Å². The molecule has 0 saturated heterocycles. The second-order valence-corrected chi connectivity index (χ2v) is 11.8. The normalized spacial score (nSPS) is 24.1. The molecule has 2 atom stereocenters. The van der Waals surface area contributed by atoms with Gasteiger partial charge in [-0.05, 0) is 61.2 Å². The molecule has 0 radical (unpaired) electrons. The van der Waals surface area contributed by atoms with Gasteiger partial charge in [-0.1, -0.05) is 43.8 Å². The SMILES string of the molecule is CC1CN(C(=O)OC(C)(C)C)CCC(C)/C(C(=N)Sc2ccccc2)=C(/Br)S1. The maximum absolute atomic E-state index is 12.6. The summed E-state index contributed by atoms with van der Waals surface area (Å²) in [6, 6.07) is 10.00. The lowest BCUT2D eigenvalue weighted by Gasteiger charge is -2.29. The molecule has 1 N–H and O–H groups in total. The van der Waals surface area contributed by atoms with Crippen LogP contribution in [0.5, 0.6) is 0 Å². The number of carbonyl (C=O) groups is 1. The molecule has 0 aromatic heterocycles. The predicted molar refractivity (Wildman–Crippen MR) is 125 cm³/mol. The van der Waals surface area contributed by atoms with Crippen LogP contribution in [-0.4, -0.2) is 40.0 Å². The van der Waals surface area contributed by atoms with Crippen LogP contribution >= 0.6 is 39.5 Å². The number of thioether (sulfide) groups is 2. The Kier molecular flexibility index (Phi) is 8.52. The topological polar surface area (TPSA) is 53.4 Å². The Hall–Kier alpha value is -0.920. The van der Waals surface area contributed by atoms with E-state index in [0.717, 1.165) is 20.7 Å². The lowest BCUT2D eigenvalue weighted by molar-refractivity contribution is 0.0246. The number of halogens is 1. The van der Waals surface area contributed by atoms with Crippen molar-refractivity contribution in [2.24, 2.45) is 5.92 Å². The average Bonchev–Trinajstić information content (AvgIpc) is 2.62. The van der Waals surface area contributed by atoms with Crippen molar-refractivity contribution in [2.75, 3.05) is 13.1 Å². The Labute approximate surface area is 185 Å². The van der Waals surface area contributed by atoms with E-state index in [9.17, 15) is 4.79 Å². The molecule has 4 nitrogen and oxygen atoms in total. The quantitative estimate of drug-likeness (QED) is 0.286. The molecule has 1 aliphatic rings. The van der Waals surface area contributed by atoms with Crippen LogP contribution < -0.4 is 0 Å². The Morgan fingerprint density at radius 3 is 2.54 bits per heavy atom. The largest absolute Gasteiger partial charge is 0.444 e. The first-order chi connectivity index (χ1) is 13.1. The Balaban J connectivity index is 2.17. The number of benzene rings is 1. The van der Waals surface area contributed by atoms with E-state index in [4.69, 9.17) is 10.1 Å². The number of hydrogen-bond donors (Lipinski definition) is 1. The van der Waals surface area contributed by atoms with Crippen molar-refractivity contribution in [3.8, 4) is 0 Å². The van der Waals surface area contributed by atoms with Crippen LogP contribution in [0.3, 0.4) is 0 Å². The highest BCUT2D eigenvalue weighted by Gasteiger charge is 2.28. The molecule has 0 aliphatic carbocycles. The highest BCUT2D eigenvalue weighted by molar-refractivity contribution is 9.14. The fourth-order valence-electron chi connectivity index (χ4n) is 2.83. The number of hydrogen-bond acceptors (Lipinski definition) is 5. The van der Waals surface area contributed by atoms with Crippen molar-refractivity contribution in [1.29, 1.82) is 5.41 Å². The first-order valence-electron chi connectivity index (χ1n) is 9.43. The predicted octanol–water partition coefficient (Wildman–Crippen LogP) is 6.76. The van der Waals surface area contributed by atoms with Crippen molar-refractivity contribution in [3.63, 3.8) is 0 Å². The van der Waals surface area contributed by atoms with Gasteiger partial charge in [0.1, 0.15) is 5.60 Å². The third-order valence-corrected chi connectivity index (χ3v) is 7.08. The molecule has 7 heteroatoms. The number of nitrogens with one attached hydrogen (secondary N) is 1. The zero-order valence-corrected chi connectivity index (χ0v) is 20.3. The summed E-state index contributed by atoms with van der Waals surface area (Å²) in [6.45, 7) is 11.1. The van der Waals surface area contributed by atoms with Gasteiger partial charge in [0.15, 0.2) is 0 Å². The number of amides is 1. The monoisotopic (exact) mass is 484 g/mol. The molecule has 1 aromatic carbocycles. The second-order valence-electron chi connectivity index (χ2n) is 7.98. The molecule has 0 bridgehead atoms. The van der Waals surface area contributed by atoms with Gasteiger partial charge in [-0.3, -0.25) is 5.41 Å². The van der Waals surface area contributed by atoms with E-state index in [1.54, 1.807) is 16.7 Å². The number of ether oxygens (including phenoxy) is 1. The van der Waals surface area contributed by atoms with Crippen LogP contribution in [0.2, 0.25) is 0 Å². The first-order valence-corrected chi connectivity index (χ1v) is 11.9. The molecule has 0 saturated carbocycles. The Morgan fingerprint density at radius 1 is 1.29 bits per heavy atom. The maximum Gasteiger partial charge on any atom is 0.410 e. The van der Waals surface area contributed by atoms with Gasteiger partial charge in [-0.25, -0.2) is 4.79 Å². The lowest BCUT2D eigenvalue weighted by atomic mass is 9.99. The van der Waals surface area contributed by atoms with Crippen molar-refractivity contribution in [3.05, 3.63) is 39.7 Å². The third kappa shape index (κ3) is 7.16. The fourth-order valence-corrected chi connectivity index (χ4v) is 6.56. The van der Waals surface area contributed by atoms with E-state index in [0.29, 0.717) is 18.1 Å². The minimum atomic E-state index is -0.504. The van der Waals surface area contributed by atoms with Crippen molar-refractivity contribution >= 4 is 50.6 Å². The third-order valence-electron chi connectivity index (χ3n) is 4.18. The van der Waals surface area contributed by atoms with Gasteiger partial charge in [-0.2, -0.15) is 0 Å². The van der Waals surface area contributed by atoms with Crippen LogP contribution in [0.4, 0.5) is 4.79 Å². The van der Waals surface area contributed by atoms with Gasteiger partial charge in [0.2, 0.25) is 0 Å². The van der Waals surface area contributed by atoms with Crippen LogP contribution in [-0.2, 0) is 4.74 Å². The first kappa shape index (κ1) is 23.4. The Bertz CT molecular complexity index is 732. The van der Waals surface area contributed by atoms with Crippen molar-refractivity contribution in [2.45, 2.75) is 56.8 Å². The summed E-state index contributed by atoms with van der Waals surface area (Å²) in [4.78, 5) is 15.5. The summed E-state index contributed by atoms with van der Waals surface area (Å²) in [5.74, 6) is 0.154. The second kappa shape index (κ2) is 10.2.